The van der Waals surface area contributed by atoms with Crippen LogP contribution in [0.1, 0.15) is 16.1 Å². The van der Waals surface area contributed by atoms with Crippen molar-refractivity contribution in [1.82, 2.24) is 4.98 Å². The molecule has 122 valence electrons. The van der Waals surface area contributed by atoms with E-state index in [1.54, 1.807) is 18.2 Å². The third kappa shape index (κ3) is 3.43. The van der Waals surface area contributed by atoms with Gasteiger partial charge in [0, 0.05) is 12.1 Å². The predicted octanol–water partition coefficient (Wildman–Crippen LogP) is 5.39. The fraction of sp³-hybridized carbons (Fsp3) is 0.0625. The van der Waals surface area contributed by atoms with E-state index in [9.17, 15) is 23.3 Å². The van der Waals surface area contributed by atoms with Gasteiger partial charge in [-0.15, -0.1) is 11.3 Å². The summed E-state index contributed by atoms with van der Waals surface area (Å²) < 4.78 is 38.2. The molecular formula is C16H9F3N2O2S. The third-order valence-electron chi connectivity index (χ3n) is 3.26. The van der Waals surface area contributed by atoms with Crippen LogP contribution in [-0.4, -0.2) is 9.91 Å². The van der Waals surface area contributed by atoms with E-state index in [1.165, 1.54) is 35.6 Å². The Bertz CT molecular complexity index is 931. The molecule has 0 amide bonds. The second kappa shape index (κ2) is 6.04. The summed E-state index contributed by atoms with van der Waals surface area (Å²) in [6.07, 6.45) is -1.05. The molecule has 0 saturated carbocycles. The number of fused-ring (bicyclic) bond motifs is 1. The lowest BCUT2D eigenvalue weighted by molar-refractivity contribution is -0.384. The number of nitro benzene ring substituents is 1. The highest BCUT2D eigenvalue weighted by Crippen LogP contribution is 2.30. The van der Waals surface area contributed by atoms with Crippen LogP contribution >= 0.6 is 11.3 Å². The monoisotopic (exact) mass is 350 g/mol. The van der Waals surface area contributed by atoms with Crippen LogP contribution in [0, 0.1) is 10.1 Å². The summed E-state index contributed by atoms with van der Waals surface area (Å²) in [5.74, 6) is 0. The van der Waals surface area contributed by atoms with Gasteiger partial charge in [0.15, 0.2) is 0 Å². The highest BCUT2D eigenvalue weighted by Gasteiger charge is 2.29. The van der Waals surface area contributed by atoms with Crippen molar-refractivity contribution in [2.45, 2.75) is 6.18 Å². The van der Waals surface area contributed by atoms with Gasteiger partial charge in [-0.25, -0.2) is 4.98 Å². The average Bonchev–Trinajstić information content (AvgIpc) is 2.94. The first-order valence-electron chi connectivity index (χ1n) is 6.73. The number of halogens is 3. The number of nitro groups is 1. The second-order valence-electron chi connectivity index (χ2n) is 4.91. The fourth-order valence-corrected chi connectivity index (χ4v) is 2.97. The number of hydrogen-bond acceptors (Lipinski definition) is 4. The Kier molecular flexibility index (Phi) is 4.06. The molecule has 0 aliphatic heterocycles. The van der Waals surface area contributed by atoms with Crippen LogP contribution in [-0.2, 0) is 6.18 Å². The van der Waals surface area contributed by atoms with E-state index in [2.05, 4.69) is 4.98 Å². The van der Waals surface area contributed by atoms with Crippen molar-refractivity contribution in [3.05, 3.63) is 68.7 Å². The SMILES string of the molecule is O=[N+]([O-])c1ccc2nc(C=Cc3ccc(C(F)(F)F)cc3)sc2c1. The lowest BCUT2D eigenvalue weighted by Crippen LogP contribution is -2.03. The van der Waals surface area contributed by atoms with E-state index >= 15 is 0 Å². The van der Waals surface area contributed by atoms with Crippen LogP contribution in [0.2, 0.25) is 0 Å². The molecule has 3 aromatic rings. The maximum Gasteiger partial charge on any atom is 0.416 e. The number of nitrogens with zero attached hydrogens (tertiary/aromatic N) is 2. The summed E-state index contributed by atoms with van der Waals surface area (Å²) in [5.41, 5.74) is 0.530. The number of non-ortho nitro benzene ring substituents is 1. The smallest absolute Gasteiger partial charge is 0.258 e. The third-order valence-corrected chi connectivity index (χ3v) is 4.24. The minimum atomic E-state index is -4.36. The lowest BCUT2D eigenvalue weighted by atomic mass is 10.1. The van der Waals surface area contributed by atoms with Gasteiger partial charge in [-0.3, -0.25) is 10.1 Å². The largest absolute Gasteiger partial charge is 0.416 e. The van der Waals surface area contributed by atoms with E-state index in [-0.39, 0.29) is 5.69 Å². The topological polar surface area (TPSA) is 56.0 Å². The molecule has 0 fully saturated rings. The summed E-state index contributed by atoms with van der Waals surface area (Å²) in [4.78, 5) is 14.6. The standard InChI is InChI=1S/C16H9F3N2O2S/c17-16(18,19)11-4-1-10(2-5-11)3-8-15-20-13-7-6-12(21(22)23)9-14(13)24-15/h1-9H. The summed E-state index contributed by atoms with van der Waals surface area (Å²) in [5, 5.41) is 11.4. The van der Waals surface area contributed by atoms with Gasteiger partial charge in [0.25, 0.3) is 5.69 Å². The van der Waals surface area contributed by atoms with Crippen LogP contribution in [0.15, 0.2) is 42.5 Å². The summed E-state index contributed by atoms with van der Waals surface area (Å²) in [6.45, 7) is 0. The van der Waals surface area contributed by atoms with Crippen molar-refractivity contribution < 1.29 is 18.1 Å². The summed E-state index contributed by atoms with van der Waals surface area (Å²) in [7, 11) is 0. The van der Waals surface area contributed by atoms with Crippen molar-refractivity contribution in [3.8, 4) is 0 Å². The average molecular weight is 350 g/mol. The Balaban J connectivity index is 1.83. The van der Waals surface area contributed by atoms with Gasteiger partial charge in [0.05, 0.1) is 20.7 Å². The highest BCUT2D eigenvalue weighted by atomic mass is 32.1. The molecule has 0 aliphatic rings. The normalized spacial score (nSPS) is 12.1. The Morgan fingerprint density at radius 3 is 2.42 bits per heavy atom. The zero-order chi connectivity index (χ0) is 17.3. The molecule has 0 aliphatic carbocycles. The Morgan fingerprint density at radius 2 is 1.79 bits per heavy atom. The van der Waals surface area contributed by atoms with Crippen LogP contribution in [0.25, 0.3) is 22.4 Å². The van der Waals surface area contributed by atoms with Gasteiger partial charge in [0.2, 0.25) is 0 Å². The van der Waals surface area contributed by atoms with Crippen LogP contribution < -0.4 is 0 Å². The van der Waals surface area contributed by atoms with Crippen molar-refractivity contribution >= 4 is 39.4 Å². The molecule has 8 heteroatoms. The number of thiazole rings is 1. The Morgan fingerprint density at radius 1 is 1.08 bits per heavy atom. The van der Waals surface area contributed by atoms with Gasteiger partial charge in [-0.1, -0.05) is 18.2 Å². The zero-order valence-electron chi connectivity index (χ0n) is 11.9. The molecule has 0 atom stereocenters. The minimum absolute atomic E-state index is 0.00980. The molecule has 0 saturated heterocycles. The molecule has 24 heavy (non-hydrogen) atoms. The molecule has 0 N–H and O–H groups in total. The van der Waals surface area contributed by atoms with Gasteiger partial charge in [-0.05, 0) is 29.8 Å². The summed E-state index contributed by atoms with van der Waals surface area (Å²) >= 11 is 1.27. The second-order valence-corrected chi connectivity index (χ2v) is 5.98. The first-order valence-corrected chi connectivity index (χ1v) is 7.55. The number of rotatable bonds is 3. The molecular weight excluding hydrogens is 341 g/mol. The number of alkyl halides is 3. The maximum absolute atomic E-state index is 12.5. The molecule has 2 aromatic carbocycles. The summed E-state index contributed by atoms with van der Waals surface area (Å²) in [6, 6.07) is 9.17. The van der Waals surface area contributed by atoms with Crippen LogP contribution in [0.5, 0.6) is 0 Å². The van der Waals surface area contributed by atoms with Crippen molar-refractivity contribution in [2.75, 3.05) is 0 Å². The number of aromatic nitrogens is 1. The molecule has 1 aromatic heterocycles. The quantitative estimate of drug-likeness (QED) is 0.470. The van der Waals surface area contributed by atoms with Crippen molar-refractivity contribution in [3.63, 3.8) is 0 Å². The van der Waals surface area contributed by atoms with Crippen LogP contribution in [0.4, 0.5) is 18.9 Å². The number of benzene rings is 2. The lowest BCUT2D eigenvalue weighted by Gasteiger charge is -2.05. The van der Waals surface area contributed by atoms with Gasteiger partial charge in [0.1, 0.15) is 5.01 Å². The van der Waals surface area contributed by atoms with E-state index < -0.39 is 16.7 Å². The Labute approximate surface area is 138 Å². The first kappa shape index (κ1) is 16.1. The van der Waals surface area contributed by atoms with Crippen molar-refractivity contribution in [1.29, 1.82) is 0 Å². The first-order chi connectivity index (χ1) is 11.3. The van der Waals surface area contributed by atoms with Crippen molar-refractivity contribution in [2.24, 2.45) is 0 Å². The molecule has 1 heterocycles. The molecule has 0 radical (unpaired) electrons. The van der Waals surface area contributed by atoms with Gasteiger partial charge >= 0.3 is 6.18 Å². The highest BCUT2D eigenvalue weighted by molar-refractivity contribution is 7.19. The zero-order valence-corrected chi connectivity index (χ0v) is 12.8. The van der Waals surface area contributed by atoms with Crippen LogP contribution in [0.3, 0.4) is 0 Å². The molecule has 0 bridgehead atoms. The van der Waals surface area contributed by atoms with Gasteiger partial charge in [-0.2, -0.15) is 13.2 Å². The molecule has 0 spiro atoms. The minimum Gasteiger partial charge on any atom is -0.258 e. The van der Waals surface area contributed by atoms with E-state index in [4.69, 9.17) is 0 Å². The Hall–Kier alpha value is -2.74. The maximum atomic E-state index is 12.5. The molecule has 4 nitrogen and oxygen atoms in total. The predicted molar refractivity (Wildman–Crippen MR) is 86.6 cm³/mol. The van der Waals surface area contributed by atoms with E-state index in [1.807, 2.05) is 0 Å². The van der Waals surface area contributed by atoms with Gasteiger partial charge < -0.3 is 0 Å². The van der Waals surface area contributed by atoms with E-state index in [0.29, 0.717) is 20.8 Å². The fourth-order valence-electron chi connectivity index (χ4n) is 2.07. The molecule has 3 rings (SSSR count). The molecule has 0 unspecified atom stereocenters. The number of hydrogen-bond donors (Lipinski definition) is 0. The van der Waals surface area contributed by atoms with E-state index in [0.717, 1.165) is 12.1 Å².